The summed E-state index contributed by atoms with van der Waals surface area (Å²) < 4.78 is 5.27. The van der Waals surface area contributed by atoms with Crippen molar-refractivity contribution in [3.8, 4) is 0 Å². The van der Waals surface area contributed by atoms with Gasteiger partial charge in [-0.2, -0.15) is 0 Å². The lowest BCUT2D eigenvalue weighted by atomic mass is 9.84. The minimum atomic E-state index is -0.953. The van der Waals surface area contributed by atoms with Crippen LogP contribution in [0.1, 0.15) is 41.9 Å². The van der Waals surface area contributed by atoms with Crippen LogP contribution in [-0.4, -0.2) is 23.0 Å². The number of benzene rings is 1. The van der Waals surface area contributed by atoms with Gasteiger partial charge in [-0.05, 0) is 43.7 Å². The highest BCUT2D eigenvalue weighted by Gasteiger charge is 2.27. The Morgan fingerprint density at radius 3 is 2.83 bits per heavy atom. The van der Waals surface area contributed by atoms with Crippen LogP contribution in [0, 0.1) is 5.92 Å². The van der Waals surface area contributed by atoms with Gasteiger partial charge in [0.1, 0.15) is 0 Å². The van der Waals surface area contributed by atoms with Crippen molar-refractivity contribution in [1.29, 1.82) is 0 Å². The van der Waals surface area contributed by atoms with Crippen LogP contribution in [0.4, 0.5) is 0 Å². The molecule has 5 heteroatoms. The van der Waals surface area contributed by atoms with E-state index in [1.807, 2.05) is 24.3 Å². The first-order valence-electron chi connectivity index (χ1n) is 7.88. The lowest BCUT2D eigenvalue weighted by Gasteiger charge is -2.24. The summed E-state index contributed by atoms with van der Waals surface area (Å²) in [6.07, 6.45) is 1.76. The van der Waals surface area contributed by atoms with E-state index in [0.29, 0.717) is 11.5 Å². The van der Waals surface area contributed by atoms with Crippen LogP contribution in [0.15, 0.2) is 24.3 Å². The number of primary amides is 1. The number of hydrogen-bond donors (Lipinski definition) is 1. The van der Waals surface area contributed by atoms with E-state index in [-0.39, 0.29) is 0 Å². The molecule has 1 aromatic carbocycles. The number of amides is 1. The van der Waals surface area contributed by atoms with Gasteiger partial charge in [-0.1, -0.05) is 25.1 Å². The highest BCUT2D eigenvalue weighted by atomic mass is 16.5. The van der Waals surface area contributed by atoms with Crippen molar-refractivity contribution >= 4 is 22.8 Å². The lowest BCUT2D eigenvalue weighted by molar-refractivity contribution is -0.125. The molecular formula is C18H20N2O3. The molecule has 0 spiro atoms. The topological polar surface area (TPSA) is 82.3 Å². The van der Waals surface area contributed by atoms with Crippen molar-refractivity contribution in [3.05, 3.63) is 41.1 Å². The van der Waals surface area contributed by atoms with Crippen LogP contribution in [0.3, 0.4) is 0 Å². The normalized spacial score (nSPS) is 18.3. The number of esters is 1. The number of rotatable bonds is 3. The molecule has 5 nitrogen and oxygen atoms in total. The monoisotopic (exact) mass is 312 g/mol. The van der Waals surface area contributed by atoms with Crippen molar-refractivity contribution in [2.75, 3.05) is 0 Å². The summed E-state index contributed by atoms with van der Waals surface area (Å²) in [5, 5.41) is 0.766. The quantitative estimate of drug-likeness (QED) is 0.882. The molecule has 1 aliphatic rings. The van der Waals surface area contributed by atoms with Crippen molar-refractivity contribution in [3.63, 3.8) is 0 Å². The second-order valence-electron chi connectivity index (χ2n) is 6.23. The highest BCUT2D eigenvalue weighted by Crippen LogP contribution is 2.32. The molecule has 0 saturated heterocycles. The molecule has 1 heterocycles. The van der Waals surface area contributed by atoms with Crippen LogP contribution in [0.5, 0.6) is 0 Å². The summed E-state index contributed by atoms with van der Waals surface area (Å²) >= 11 is 0. The van der Waals surface area contributed by atoms with Gasteiger partial charge in [0.15, 0.2) is 6.10 Å². The number of nitrogens with two attached hydrogens (primary N) is 1. The molecule has 0 radical (unpaired) electrons. The van der Waals surface area contributed by atoms with Crippen molar-refractivity contribution < 1.29 is 14.3 Å². The highest BCUT2D eigenvalue weighted by molar-refractivity contribution is 6.05. The second-order valence-corrected chi connectivity index (χ2v) is 6.23. The standard InChI is InChI=1S/C18H20N2O3/c1-10-7-8-15-13(9-10)16(18(22)23-11(2)17(19)21)12-5-3-4-6-14(12)20-15/h3-6,10-11H,7-9H2,1-2H3,(H2,19,21)/t10-,11+/m1/s1. The van der Waals surface area contributed by atoms with Crippen molar-refractivity contribution in [1.82, 2.24) is 4.98 Å². The van der Waals surface area contributed by atoms with Crippen LogP contribution < -0.4 is 5.73 Å². The third kappa shape index (κ3) is 2.91. The molecular weight excluding hydrogens is 292 g/mol. The van der Waals surface area contributed by atoms with Crippen molar-refractivity contribution in [2.24, 2.45) is 11.7 Å². The molecule has 2 aromatic rings. The van der Waals surface area contributed by atoms with Gasteiger partial charge in [0.05, 0.1) is 11.1 Å². The number of nitrogens with zero attached hydrogens (tertiary/aromatic N) is 1. The Morgan fingerprint density at radius 1 is 1.35 bits per heavy atom. The molecule has 0 saturated carbocycles. The number of ether oxygens (including phenoxy) is 1. The zero-order chi connectivity index (χ0) is 16.6. The number of hydrogen-bond acceptors (Lipinski definition) is 4. The average molecular weight is 312 g/mol. The van der Waals surface area contributed by atoms with Gasteiger partial charge in [-0.25, -0.2) is 4.79 Å². The van der Waals surface area contributed by atoms with Gasteiger partial charge < -0.3 is 10.5 Å². The Kier molecular flexibility index (Phi) is 4.03. The first-order chi connectivity index (χ1) is 11.0. The number of carbonyl (C=O) groups excluding carboxylic acids is 2. The fraction of sp³-hybridized carbons (Fsp3) is 0.389. The molecule has 0 bridgehead atoms. The predicted molar refractivity (Wildman–Crippen MR) is 87.0 cm³/mol. The van der Waals surface area contributed by atoms with E-state index in [2.05, 4.69) is 6.92 Å². The summed E-state index contributed by atoms with van der Waals surface area (Å²) in [6, 6.07) is 7.53. The molecule has 0 aliphatic heterocycles. The largest absolute Gasteiger partial charge is 0.449 e. The molecule has 2 N–H and O–H groups in total. The van der Waals surface area contributed by atoms with E-state index in [4.69, 9.17) is 15.5 Å². The Balaban J connectivity index is 2.14. The molecule has 120 valence electrons. The van der Waals surface area contributed by atoms with E-state index in [9.17, 15) is 9.59 Å². The van der Waals surface area contributed by atoms with Crippen LogP contribution >= 0.6 is 0 Å². The maximum atomic E-state index is 12.7. The maximum absolute atomic E-state index is 12.7. The van der Waals surface area contributed by atoms with Gasteiger partial charge in [-0.3, -0.25) is 9.78 Å². The fourth-order valence-electron chi connectivity index (χ4n) is 3.07. The Bertz CT molecular complexity index is 785. The average Bonchev–Trinajstić information content (AvgIpc) is 2.52. The molecule has 1 aromatic heterocycles. The summed E-state index contributed by atoms with van der Waals surface area (Å²) in [5.41, 5.74) is 8.42. The molecule has 2 atom stereocenters. The zero-order valence-corrected chi connectivity index (χ0v) is 13.3. The molecule has 0 fully saturated rings. The molecule has 23 heavy (non-hydrogen) atoms. The zero-order valence-electron chi connectivity index (χ0n) is 13.3. The SMILES string of the molecule is C[C@@H]1CCc2nc3ccccc3c(C(=O)O[C@@H](C)C(N)=O)c2C1. The van der Waals surface area contributed by atoms with Crippen LogP contribution in [0.25, 0.3) is 10.9 Å². The summed E-state index contributed by atoms with van der Waals surface area (Å²) in [7, 11) is 0. The summed E-state index contributed by atoms with van der Waals surface area (Å²) in [6.45, 7) is 3.65. The van der Waals surface area contributed by atoms with Gasteiger partial charge in [0.2, 0.25) is 0 Å². The van der Waals surface area contributed by atoms with Crippen molar-refractivity contribution in [2.45, 2.75) is 39.2 Å². The minimum Gasteiger partial charge on any atom is -0.449 e. The minimum absolute atomic E-state index is 0.491. The predicted octanol–water partition coefficient (Wildman–Crippen LogP) is 2.39. The molecule has 3 rings (SSSR count). The van der Waals surface area contributed by atoms with Crippen LogP contribution in [-0.2, 0) is 22.4 Å². The van der Waals surface area contributed by atoms with E-state index >= 15 is 0 Å². The number of aryl methyl sites for hydroxylation is 1. The Labute approximate surface area is 134 Å². The summed E-state index contributed by atoms with van der Waals surface area (Å²) in [4.78, 5) is 28.6. The van der Waals surface area contributed by atoms with Gasteiger partial charge >= 0.3 is 5.97 Å². The first-order valence-corrected chi connectivity index (χ1v) is 7.88. The number of carbonyl (C=O) groups is 2. The van der Waals surface area contributed by atoms with Gasteiger partial charge in [-0.15, -0.1) is 0 Å². The van der Waals surface area contributed by atoms with E-state index in [0.717, 1.165) is 41.4 Å². The van der Waals surface area contributed by atoms with Gasteiger partial charge in [0.25, 0.3) is 5.91 Å². The number of fused-ring (bicyclic) bond motifs is 2. The molecule has 0 unspecified atom stereocenters. The smallest absolute Gasteiger partial charge is 0.339 e. The third-order valence-corrected chi connectivity index (χ3v) is 4.39. The Morgan fingerprint density at radius 2 is 2.09 bits per heavy atom. The lowest BCUT2D eigenvalue weighted by Crippen LogP contribution is -2.31. The Hall–Kier alpha value is -2.43. The fourth-order valence-corrected chi connectivity index (χ4v) is 3.07. The van der Waals surface area contributed by atoms with E-state index < -0.39 is 18.0 Å². The molecule has 1 aliphatic carbocycles. The molecule has 1 amide bonds. The number of aromatic nitrogens is 1. The van der Waals surface area contributed by atoms with Gasteiger partial charge in [0, 0.05) is 11.1 Å². The first kappa shape index (κ1) is 15.5. The van der Waals surface area contributed by atoms with Crippen LogP contribution in [0.2, 0.25) is 0 Å². The van der Waals surface area contributed by atoms with E-state index in [1.54, 1.807) is 0 Å². The second kappa shape index (κ2) is 5.99. The third-order valence-electron chi connectivity index (χ3n) is 4.39. The summed E-state index contributed by atoms with van der Waals surface area (Å²) in [5.74, 6) is -0.662. The number of para-hydroxylation sites is 1. The number of pyridine rings is 1. The van der Waals surface area contributed by atoms with E-state index in [1.165, 1.54) is 6.92 Å². The maximum Gasteiger partial charge on any atom is 0.339 e.